The number of ether oxygens (including phenoxy) is 2. The van der Waals surface area contributed by atoms with Crippen LogP contribution in [0.4, 0.5) is 0 Å². The van der Waals surface area contributed by atoms with E-state index in [9.17, 15) is 9.59 Å². The van der Waals surface area contributed by atoms with Crippen LogP contribution in [0.2, 0.25) is 0 Å². The first-order chi connectivity index (χ1) is 10.4. The summed E-state index contributed by atoms with van der Waals surface area (Å²) in [5, 5.41) is 0. The van der Waals surface area contributed by atoms with Gasteiger partial charge < -0.3 is 9.47 Å². The van der Waals surface area contributed by atoms with E-state index in [1.165, 1.54) is 25.0 Å². The lowest BCUT2D eigenvalue weighted by atomic mass is 10.0. The summed E-state index contributed by atoms with van der Waals surface area (Å²) < 4.78 is 10.2. The lowest BCUT2D eigenvalue weighted by molar-refractivity contribution is -0.146. The molecule has 2 atom stereocenters. The minimum atomic E-state index is -0.232. The number of rotatable bonds is 8. The number of carbonyl (C=O) groups is 2. The highest BCUT2D eigenvalue weighted by Crippen LogP contribution is 2.12. The van der Waals surface area contributed by atoms with Gasteiger partial charge in [0.25, 0.3) is 0 Å². The predicted molar refractivity (Wildman–Crippen MR) is 85.5 cm³/mol. The first-order valence-electron chi connectivity index (χ1n) is 7.79. The van der Waals surface area contributed by atoms with Gasteiger partial charge in [0.2, 0.25) is 0 Å². The van der Waals surface area contributed by atoms with Gasteiger partial charge in [0, 0.05) is 13.8 Å². The van der Waals surface area contributed by atoms with Crippen molar-refractivity contribution in [3.05, 3.63) is 35.4 Å². The minimum Gasteiger partial charge on any atom is -0.463 e. The summed E-state index contributed by atoms with van der Waals surface area (Å²) in [7, 11) is 0. The zero-order valence-electron chi connectivity index (χ0n) is 13.9. The van der Waals surface area contributed by atoms with Gasteiger partial charge in [0.15, 0.2) is 0 Å². The average molecular weight is 306 g/mol. The molecular weight excluding hydrogens is 280 g/mol. The van der Waals surface area contributed by atoms with Gasteiger partial charge in [-0.15, -0.1) is 0 Å². The molecule has 0 N–H and O–H groups in total. The second-order valence-electron chi connectivity index (χ2n) is 5.73. The third-order valence-electron chi connectivity index (χ3n) is 3.44. The zero-order valence-corrected chi connectivity index (χ0v) is 13.9. The maximum Gasteiger partial charge on any atom is 0.302 e. The van der Waals surface area contributed by atoms with Crippen LogP contribution >= 0.6 is 0 Å². The van der Waals surface area contributed by atoms with Crippen LogP contribution in [-0.4, -0.2) is 24.1 Å². The van der Waals surface area contributed by atoms with Gasteiger partial charge in [-0.2, -0.15) is 0 Å². The fourth-order valence-electron chi connectivity index (χ4n) is 2.30. The fourth-order valence-corrected chi connectivity index (χ4v) is 2.30. The number of hydrogen-bond acceptors (Lipinski definition) is 4. The van der Waals surface area contributed by atoms with E-state index in [1.807, 2.05) is 13.8 Å². The molecule has 1 aromatic rings. The molecule has 1 aromatic carbocycles. The summed E-state index contributed by atoms with van der Waals surface area (Å²) in [5.41, 5.74) is 2.46. The molecule has 122 valence electrons. The van der Waals surface area contributed by atoms with E-state index in [-0.39, 0.29) is 24.1 Å². The van der Waals surface area contributed by atoms with Crippen LogP contribution in [0.5, 0.6) is 0 Å². The highest BCUT2D eigenvalue weighted by molar-refractivity contribution is 5.66. The molecular formula is C18H26O4. The molecule has 0 saturated heterocycles. The van der Waals surface area contributed by atoms with Gasteiger partial charge in [-0.25, -0.2) is 0 Å². The SMILES string of the molecule is CC(=O)O[C@H](C)CCc1ccc(CC[C@H](C)OC(C)=O)cc1. The van der Waals surface area contributed by atoms with Crippen LogP contribution in [0.15, 0.2) is 24.3 Å². The molecule has 0 aliphatic heterocycles. The maximum absolute atomic E-state index is 10.9. The summed E-state index contributed by atoms with van der Waals surface area (Å²) in [6.45, 7) is 6.68. The van der Waals surface area contributed by atoms with Crippen LogP contribution in [0.3, 0.4) is 0 Å². The fraction of sp³-hybridized carbons (Fsp3) is 0.556. The molecule has 0 unspecified atom stereocenters. The van der Waals surface area contributed by atoms with Crippen molar-refractivity contribution in [3.63, 3.8) is 0 Å². The Labute approximate surface area is 132 Å². The van der Waals surface area contributed by atoms with Crippen molar-refractivity contribution in [2.24, 2.45) is 0 Å². The Morgan fingerprint density at radius 3 is 1.41 bits per heavy atom. The van der Waals surface area contributed by atoms with E-state index in [1.54, 1.807) is 0 Å². The molecule has 0 aliphatic carbocycles. The molecule has 1 rings (SSSR count). The van der Waals surface area contributed by atoms with Crippen LogP contribution in [0, 0.1) is 0 Å². The molecule has 0 bridgehead atoms. The third kappa shape index (κ3) is 7.81. The van der Waals surface area contributed by atoms with Crippen LogP contribution in [0.1, 0.15) is 51.7 Å². The summed E-state index contributed by atoms with van der Waals surface area (Å²) >= 11 is 0. The van der Waals surface area contributed by atoms with Crippen molar-refractivity contribution in [3.8, 4) is 0 Å². The second-order valence-corrected chi connectivity index (χ2v) is 5.73. The van der Waals surface area contributed by atoms with E-state index in [0.717, 1.165) is 25.7 Å². The van der Waals surface area contributed by atoms with E-state index in [0.29, 0.717) is 0 Å². The van der Waals surface area contributed by atoms with E-state index < -0.39 is 0 Å². The van der Waals surface area contributed by atoms with Crippen molar-refractivity contribution < 1.29 is 19.1 Å². The molecule has 0 aromatic heterocycles. The van der Waals surface area contributed by atoms with Gasteiger partial charge in [-0.05, 0) is 50.7 Å². The summed E-state index contributed by atoms with van der Waals surface area (Å²) in [5.74, 6) is -0.463. The lowest BCUT2D eigenvalue weighted by Crippen LogP contribution is -2.13. The molecule has 0 heterocycles. The normalized spacial score (nSPS) is 13.3. The van der Waals surface area contributed by atoms with Crippen molar-refractivity contribution in [2.45, 2.75) is 65.6 Å². The summed E-state index contributed by atoms with van der Waals surface area (Å²) in [6, 6.07) is 8.41. The number of hydrogen-bond donors (Lipinski definition) is 0. The number of esters is 2. The maximum atomic E-state index is 10.9. The van der Waals surface area contributed by atoms with Crippen LogP contribution in [-0.2, 0) is 31.9 Å². The Bertz CT molecular complexity index is 433. The Hall–Kier alpha value is -1.84. The van der Waals surface area contributed by atoms with E-state index >= 15 is 0 Å². The standard InChI is InChI=1S/C18H26O4/c1-13(21-15(3)19)5-7-17-9-11-18(12-10-17)8-6-14(2)22-16(4)20/h9-14H,5-8H2,1-4H3/t13-,14+. The predicted octanol–water partition coefficient (Wildman–Crippen LogP) is 3.46. The Morgan fingerprint density at radius 2 is 1.14 bits per heavy atom. The topological polar surface area (TPSA) is 52.6 Å². The molecule has 4 heteroatoms. The van der Waals surface area contributed by atoms with Gasteiger partial charge in [-0.1, -0.05) is 24.3 Å². The largest absolute Gasteiger partial charge is 0.463 e. The van der Waals surface area contributed by atoms with Crippen molar-refractivity contribution in [1.82, 2.24) is 0 Å². The van der Waals surface area contributed by atoms with Crippen LogP contribution in [0.25, 0.3) is 0 Å². The second kappa shape index (κ2) is 9.23. The summed E-state index contributed by atoms with van der Waals surface area (Å²) in [6.07, 6.45) is 3.31. The van der Waals surface area contributed by atoms with Crippen molar-refractivity contribution >= 4 is 11.9 Å². The molecule has 0 aliphatic rings. The monoisotopic (exact) mass is 306 g/mol. The first kappa shape index (κ1) is 18.2. The number of benzene rings is 1. The van der Waals surface area contributed by atoms with Crippen molar-refractivity contribution in [2.75, 3.05) is 0 Å². The van der Waals surface area contributed by atoms with E-state index in [2.05, 4.69) is 24.3 Å². The van der Waals surface area contributed by atoms with Gasteiger partial charge in [-0.3, -0.25) is 9.59 Å². The molecule has 0 amide bonds. The Kier molecular flexibility index (Phi) is 7.64. The summed E-state index contributed by atoms with van der Waals surface area (Å²) in [4.78, 5) is 21.7. The Balaban J connectivity index is 2.36. The lowest BCUT2D eigenvalue weighted by Gasteiger charge is -2.13. The van der Waals surface area contributed by atoms with Crippen LogP contribution < -0.4 is 0 Å². The molecule has 4 nitrogen and oxygen atoms in total. The highest BCUT2D eigenvalue weighted by atomic mass is 16.5. The van der Waals surface area contributed by atoms with Gasteiger partial charge >= 0.3 is 11.9 Å². The quantitative estimate of drug-likeness (QED) is 0.690. The zero-order chi connectivity index (χ0) is 16.5. The number of aryl methyl sites for hydroxylation is 2. The average Bonchev–Trinajstić information content (AvgIpc) is 2.42. The van der Waals surface area contributed by atoms with Crippen molar-refractivity contribution in [1.29, 1.82) is 0 Å². The molecule has 0 fully saturated rings. The molecule has 0 radical (unpaired) electrons. The van der Waals surface area contributed by atoms with Gasteiger partial charge in [0.1, 0.15) is 0 Å². The minimum absolute atomic E-state index is 0.0539. The Morgan fingerprint density at radius 1 is 0.818 bits per heavy atom. The smallest absolute Gasteiger partial charge is 0.302 e. The molecule has 0 saturated carbocycles. The molecule has 22 heavy (non-hydrogen) atoms. The van der Waals surface area contributed by atoms with E-state index in [4.69, 9.17) is 9.47 Å². The van der Waals surface area contributed by atoms with Gasteiger partial charge in [0.05, 0.1) is 12.2 Å². The third-order valence-corrected chi connectivity index (χ3v) is 3.44. The first-order valence-corrected chi connectivity index (χ1v) is 7.79. The number of carbonyl (C=O) groups excluding carboxylic acids is 2. The molecule has 0 spiro atoms. The highest BCUT2D eigenvalue weighted by Gasteiger charge is 2.07.